The molecule has 1 aromatic heterocycles. The van der Waals surface area contributed by atoms with E-state index >= 15 is 0 Å². The lowest BCUT2D eigenvalue weighted by Crippen LogP contribution is -2.10. The number of rotatable bonds is 4. The van der Waals surface area contributed by atoms with Crippen LogP contribution in [0, 0.1) is 0 Å². The molecule has 2 heterocycles. The maximum atomic E-state index is 6.30. The van der Waals surface area contributed by atoms with Crippen LogP contribution in [0.1, 0.15) is 29.9 Å². The molecule has 0 fully saturated rings. The van der Waals surface area contributed by atoms with Crippen LogP contribution < -0.4 is 15.2 Å². The van der Waals surface area contributed by atoms with E-state index in [1.807, 2.05) is 32.2 Å². The molecule has 0 aliphatic carbocycles. The first kappa shape index (κ1) is 14.2. The van der Waals surface area contributed by atoms with E-state index in [4.69, 9.17) is 26.8 Å². The van der Waals surface area contributed by atoms with Gasteiger partial charge in [0.05, 0.1) is 22.5 Å². The van der Waals surface area contributed by atoms with Crippen molar-refractivity contribution in [1.82, 2.24) is 9.78 Å². The SMILES string of the molecule is CCc1nn(C)c(COc2ccc3c(c2)OCC3N)c1Cl. The second kappa shape index (κ2) is 5.58. The van der Waals surface area contributed by atoms with Crippen LogP contribution in [0.4, 0.5) is 0 Å². The van der Waals surface area contributed by atoms with Gasteiger partial charge in [0.15, 0.2) is 0 Å². The molecule has 1 unspecified atom stereocenters. The standard InChI is InChI=1S/C15H18ClN3O2/c1-3-12-15(16)13(19(2)18-12)8-20-9-4-5-10-11(17)7-21-14(10)6-9/h4-6,11H,3,7-8,17H2,1-2H3. The lowest BCUT2D eigenvalue weighted by Gasteiger charge is -2.08. The lowest BCUT2D eigenvalue weighted by atomic mass is 10.1. The third-order valence-electron chi connectivity index (χ3n) is 3.68. The monoisotopic (exact) mass is 307 g/mol. The summed E-state index contributed by atoms with van der Waals surface area (Å²) in [5, 5.41) is 5.05. The van der Waals surface area contributed by atoms with Gasteiger partial charge in [0.25, 0.3) is 0 Å². The molecule has 2 N–H and O–H groups in total. The van der Waals surface area contributed by atoms with Crippen molar-refractivity contribution < 1.29 is 9.47 Å². The van der Waals surface area contributed by atoms with Gasteiger partial charge >= 0.3 is 0 Å². The lowest BCUT2D eigenvalue weighted by molar-refractivity contribution is 0.291. The van der Waals surface area contributed by atoms with Gasteiger partial charge in [-0.1, -0.05) is 18.5 Å². The van der Waals surface area contributed by atoms with Gasteiger partial charge < -0.3 is 15.2 Å². The zero-order valence-electron chi connectivity index (χ0n) is 12.1. The zero-order valence-corrected chi connectivity index (χ0v) is 12.9. The molecule has 2 aromatic rings. The Morgan fingerprint density at radius 3 is 3.05 bits per heavy atom. The molecule has 1 atom stereocenters. The third kappa shape index (κ3) is 2.59. The normalized spacial score (nSPS) is 16.7. The second-order valence-corrected chi connectivity index (χ2v) is 5.47. The fourth-order valence-electron chi connectivity index (χ4n) is 2.43. The summed E-state index contributed by atoms with van der Waals surface area (Å²) in [5.74, 6) is 1.53. The molecule has 0 saturated heterocycles. The average Bonchev–Trinajstić information content (AvgIpc) is 2.98. The molecule has 5 nitrogen and oxygen atoms in total. The van der Waals surface area contributed by atoms with E-state index in [9.17, 15) is 0 Å². The highest BCUT2D eigenvalue weighted by molar-refractivity contribution is 6.31. The topological polar surface area (TPSA) is 62.3 Å². The van der Waals surface area contributed by atoms with E-state index in [0.29, 0.717) is 18.2 Å². The van der Waals surface area contributed by atoms with Crippen molar-refractivity contribution in [2.75, 3.05) is 6.61 Å². The van der Waals surface area contributed by atoms with Gasteiger partial charge in [0.2, 0.25) is 0 Å². The van der Waals surface area contributed by atoms with Crippen molar-refractivity contribution in [3.63, 3.8) is 0 Å². The summed E-state index contributed by atoms with van der Waals surface area (Å²) in [5.41, 5.74) is 8.70. The number of benzene rings is 1. The highest BCUT2D eigenvalue weighted by atomic mass is 35.5. The Labute approximate surface area is 128 Å². The minimum Gasteiger partial charge on any atom is -0.491 e. The smallest absolute Gasteiger partial charge is 0.131 e. The predicted octanol–water partition coefficient (Wildman–Crippen LogP) is 2.61. The fraction of sp³-hybridized carbons (Fsp3) is 0.400. The summed E-state index contributed by atoms with van der Waals surface area (Å²) >= 11 is 6.30. The van der Waals surface area contributed by atoms with Crippen LogP contribution in [-0.4, -0.2) is 16.4 Å². The number of hydrogen-bond donors (Lipinski definition) is 1. The average molecular weight is 308 g/mol. The van der Waals surface area contributed by atoms with Crippen molar-refractivity contribution >= 4 is 11.6 Å². The summed E-state index contributed by atoms with van der Waals surface area (Å²) in [6.45, 7) is 2.92. The Morgan fingerprint density at radius 2 is 2.33 bits per heavy atom. The molecule has 0 radical (unpaired) electrons. The van der Waals surface area contributed by atoms with Crippen LogP contribution in [0.2, 0.25) is 5.02 Å². The number of nitrogens with zero attached hydrogens (tertiary/aromatic N) is 2. The molecular weight excluding hydrogens is 290 g/mol. The predicted molar refractivity (Wildman–Crippen MR) is 80.8 cm³/mol. The van der Waals surface area contributed by atoms with Gasteiger partial charge in [-0.05, 0) is 18.6 Å². The van der Waals surface area contributed by atoms with Crippen molar-refractivity contribution in [2.24, 2.45) is 12.8 Å². The largest absolute Gasteiger partial charge is 0.491 e. The highest BCUT2D eigenvalue weighted by Crippen LogP contribution is 2.34. The first-order valence-corrected chi connectivity index (χ1v) is 7.33. The Balaban J connectivity index is 1.75. The van der Waals surface area contributed by atoms with Gasteiger partial charge in [0.1, 0.15) is 24.7 Å². The van der Waals surface area contributed by atoms with Crippen molar-refractivity contribution in [1.29, 1.82) is 0 Å². The van der Waals surface area contributed by atoms with E-state index in [1.54, 1.807) is 4.68 Å². The van der Waals surface area contributed by atoms with Crippen molar-refractivity contribution in [3.05, 3.63) is 40.2 Å². The maximum absolute atomic E-state index is 6.30. The molecule has 0 amide bonds. The Kier molecular flexibility index (Phi) is 3.78. The summed E-state index contributed by atoms with van der Waals surface area (Å²) in [6, 6.07) is 5.67. The zero-order chi connectivity index (χ0) is 15.0. The minimum atomic E-state index is -0.0484. The summed E-state index contributed by atoms with van der Waals surface area (Å²) in [6.07, 6.45) is 0.803. The van der Waals surface area contributed by atoms with Crippen molar-refractivity contribution in [2.45, 2.75) is 26.0 Å². The quantitative estimate of drug-likeness (QED) is 0.943. The summed E-state index contributed by atoms with van der Waals surface area (Å²) in [4.78, 5) is 0. The molecule has 1 aliphatic heterocycles. The maximum Gasteiger partial charge on any atom is 0.131 e. The number of ether oxygens (including phenoxy) is 2. The molecule has 1 aromatic carbocycles. The molecule has 6 heteroatoms. The van der Waals surface area contributed by atoms with E-state index < -0.39 is 0 Å². The van der Waals surface area contributed by atoms with Crippen LogP contribution >= 0.6 is 11.6 Å². The number of aromatic nitrogens is 2. The van der Waals surface area contributed by atoms with Crippen LogP contribution in [0.15, 0.2) is 18.2 Å². The number of halogens is 1. The molecule has 0 bridgehead atoms. The van der Waals surface area contributed by atoms with Gasteiger partial charge in [0, 0.05) is 18.7 Å². The molecular formula is C15H18ClN3O2. The number of aryl methyl sites for hydroxylation is 2. The van der Waals surface area contributed by atoms with Crippen LogP contribution in [0.5, 0.6) is 11.5 Å². The van der Waals surface area contributed by atoms with E-state index in [0.717, 1.165) is 34.9 Å². The first-order valence-electron chi connectivity index (χ1n) is 6.95. The van der Waals surface area contributed by atoms with Gasteiger partial charge in [-0.25, -0.2) is 0 Å². The molecule has 3 rings (SSSR count). The van der Waals surface area contributed by atoms with E-state index in [2.05, 4.69) is 5.10 Å². The number of fused-ring (bicyclic) bond motifs is 1. The molecule has 112 valence electrons. The minimum absolute atomic E-state index is 0.0484. The Morgan fingerprint density at radius 1 is 1.52 bits per heavy atom. The third-order valence-corrected chi connectivity index (χ3v) is 4.12. The number of nitrogens with two attached hydrogens (primary N) is 1. The molecule has 0 spiro atoms. The molecule has 21 heavy (non-hydrogen) atoms. The summed E-state index contributed by atoms with van der Waals surface area (Å²) < 4.78 is 13.1. The van der Waals surface area contributed by atoms with Gasteiger partial charge in [-0.2, -0.15) is 5.10 Å². The molecule has 1 aliphatic rings. The van der Waals surface area contributed by atoms with E-state index in [-0.39, 0.29) is 6.04 Å². The van der Waals surface area contributed by atoms with E-state index in [1.165, 1.54) is 0 Å². The van der Waals surface area contributed by atoms with Crippen LogP contribution in [-0.2, 0) is 20.1 Å². The van der Waals surface area contributed by atoms with Gasteiger partial charge in [-0.3, -0.25) is 4.68 Å². The summed E-state index contributed by atoms with van der Waals surface area (Å²) in [7, 11) is 1.87. The Hall–Kier alpha value is -1.72. The fourth-order valence-corrected chi connectivity index (χ4v) is 2.78. The van der Waals surface area contributed by atoms with Crippen LogP contribution in [0.25, 0.3) is 0 Å². The molecule has 0 saturated carbocycles. The Bertz CT molecular complexity index is 669. The second-order valence-electron chi connectivity index (χ2n) is 5.09. The highest BCUT2D eigenvalue weighted by Gasteiger charge is 2.21. The van der Waals surface area contributed by atoms with Crippen LogP contribution in [0.3, 0.4) is 0 Å². The van der Waals surface area contributed by atoms with Crippen molar-refractivity contribution in [3.8, 4) is 11.5 Å². The first-order chi connectivity index (χ1) is 10.1. The number of hydrogen-bond acceptors (Lipinski definition) is 4. The van der Waals surface area contributed by atoms with Gasteiger partial charge in [-0.15, -0.1) is 0 Å².